The highest BCUT2D eigenvalue weighted by atomic mass is 28.4. The lowest BCUT2D eigenvalue weighted by atomic mass is 10.2. The third-order valence-electron chi connectivity index (χ3n) is 4.20. The number of rotatable bonds is 4. The molecule has 0 radical (unpaired) electrons. The summed E-state index contributed by atoms with van der Waals surface area (Å²) >= 11 is 0. The number of pyridine rings is 1. The summed E-state index contributed by atoms with van der Waals surface area (Å²) in [5.74, 6) is 0.727. The van der Waals surface area contributed by atoms with Gasteiger partial charge in [0, 0.05) is 17.1 Å². The molecule has 0 saturated heterocycles. The number of nitrogens with zero attached hydrogens (tertiary/aromatic N) is 2. The second-order valence-electron chi connectivity index (χ2n) is 8.78. The largest absolute Gasteiger partial charge is 0.531 e. The molecule has 0 bridgehead atoms. The monoisotopic (exact) mass is 392 g/mol. The molecule has 140 valence electrons. The Kier molecular flexibility index (Phi) is 5.35. The van der Waals surface area contributed by atoms with E-state index in [9.17, 15) is 0 Å². The van der Waals surface area contributed by atoms with E-state index in [1.807, 2.05) is 24.4 Å². The lowest BCUT2D eigenvalue weighted by Gasteiger charge is -2.26. The summed E-state index contributed by atoms with van der Waals surface area (Å²) in [4.78, 5) is 9.56. The highest BCUT2D eigenvalue weighted by Gasteiger charge is 2.26. The van der Waals surface area contributed by atoms with E-state index in [4.69, 9.17) is 9.42 Å². The lowest BCUT2D eigenvalue weighted by molar-refractivity contribution is 0.554. The van der Waals surface area contributed by atoms with E-state index in [-0.39, 0.29) is 0 Å². The zero-order chi connectivity index (χ0) is 19.7. The van der Waals surface area contributed by atoms with Crippen LogP contribution in [0.4, 0.5) is 5.69 Å². The number of aromatic nitrogens is 1. The average molecular weight is 393 g/mol. The molecule has 0 aliphatic rings. The fraction of sp³-hybridized carbons (Fsp3) is 0.273. The van der Waals surface area contributed by atoms with Gasteiger partial charge in [0.25, 0.3) is 0 Å². The molecule has 3 nitrogen and oxygen atoms in total. The lowest BCUT2D eigenvalue weighted by Crippen LogP contribution is -2.43. The predicted molar refractivity (Wildman–Crippen MR) is 122 cm³/mol. The Hall–Kier alpha value is -2.25. The van der Waals surface area contributed by atoms with Crippen molar-refractivity contribution in [2.75, 3.05) is 0 Å². The van der Waals surface area contributed by atoms with Crippen LogP contribution in [0.15, 0.2) is 65.8 Å². The van der Waals surface area contributed by atoms with E-state index in [2.05, 4.69) is 80.7 Å². The van der Waals surface area contributed by atoms with Gasteiger partial charge >= 0.3 is 0 Å². The fourth-order valence-corrected chi connectivity index (χ4v) is 5.37. The van der Waals surface area contributed by atoms with Crippen LogP contribution in [0.2, 0.25) is 39.3 Å². The summed E-state index contributed by atoms with van der Waals surface area (Å²) in [6.07, 6.45) is 1.82. The van der Waals surface area contributed by atoms with Crippen molar-refractivity contribution < 1.29 is 4.43 Å². The van der Waals surface area contributed by atoms with Crippen LogP contribution in [0.3, 0.4) is 0 Å². The molecule has 0 aliphatic heterocycles. The molecule has 2 aromatic carbocycles. The molecule has 0 aliphatic carbocycles. The Labute approximate surface area is 164 Å². The first-order valence-corrected chi connectivity index (χ1v) is 16.3. The molecule has 0 fully saturated rings. The Balaban J connectivity index is 2.23. The Morgan fingerprint density at radius 3 is 2.26 bits per heavy atom. The minimum atomic E-state index is -1.84. The zero-order valence-corrected chi connectivity index (χ0v) is 19.1. The quantitative estimate of drug-likeness (QED) is 0.324. The highest BCUT2D eigenvalue weighted by Crippen LogP contribution is 2.25. The maximum absolute atomic E-state index is 6.50. The first-order chi connectivity index (χ1) is 12.6. The number of para-hydroxylation sites is 1. The van der Waals surface area contributed by atoms with Crippen LogP contribution in [0.1, 0.15) is 5.56 Å². The minimum Gasteiger partial charge on any atom is -0.531 e. The summed E-state index contributed by atoms with van der Waals surface area (Å²) in [5, 5.41) is 2.46. The van der Waals surface area contributed by atoms with E-state index < -0.39 is 16.4 Å². The van der Waals surface area contributed by atoms with E-state index in [1.165, 1.54) is 5.19 Å². The van der Waals surface area contributed by atoms with Crippen LogP contribution in [0, 0.1) is 0 Å². The number of benzene rings is 2. The number of hydrogen-bond donors (Lipinski definition) is 0. The Morgan fingerprint density at radius 1 is 0.852 bits per heavy atom. The first-order valence-electron chi connectivity index (χ1n) is 9.36. The van der Waals surface area contributed by atoms with Crippen LogP contribution in [-0.2, 0) is 4.43 Å². The maximum Gasteiger partial charge on any atom is 0.244 e. The van der Waals surface area contributed by atoms with E-state index >= 15 is 0 Å². The predicted octanol–water partition coefficient (Wildman–Crippen LogP) is 5.71. The topological polar surface area (TPSA) is 34.5 Å². The van der Waals surface area contributed by atoms with Crippen molar-refractivity contribution >= 4 is 44.1 Å². The second-order valence-corrected chi connectivity index (χ2v) is 18.2. The van der Waals surface area contributed by atoms with Gasteiger partial charge in [-0.15, -0.1) is 0 Å². The van der Waals surface area contributed by atoms with Gasteiger partial charge in [-0.3, -0.25) is 4.98 Å². The molecule has 0 amide bonds. The molecule has 1 heterocycles. The molecular formula is C22H28N2OSi2. The van der Waals surface area contributed by atoms with Gasteiger partial charge in [0.05, 0.1) is 19.3 Å². The van der Waals surface area contributed by atoms with Crippen molar-refractivity contribution in [3.05, 3.63) is 66.4 Å². The minimum absolute atomic E-state index is 0.727. The van der Waals surface area contributed by atoms with Crippen molar-refractivity contribution in [1.82, 2.24) is 4.98 Å². The second kappa shape index (κ2) is 7.40. The summed E-state index contributed by atoms with van der Waals surface area (Å²) < 4.78 is 6.50. The SMILES string of the molecule is C[Si](C)(C)OC(=Nc1cccc2cccnc12)c1ccccc1[Si](C)(C)C. The Morgan fingerprint density at radius 2 is 1.56 bits per heavy atom. The highest BCUT2D eigenvalue weighted by molar-refractivity contribution is 6.89. The molecule has 5 heteroatoms. The van der Waals surface area contributed by atoms with Gasteiger partial charge in [-0.1, -0.05) is 56.0 Å². The third-order valence-corrected chi connectivity index (χ3v) is 7.06. The van der Waals surface area contributed by atoms with E-state index in [1.54, 1.807) is 0 Å². The molecule has 0 atom stereocenters. The summed E-state index contributed by atoms with van der Waals surface area (Å²) in [6, 6.07) is 18.7. The van der Waals surface area contributed by atoms with Gasteiger partial charge < -0.3 is 4.43 Å². The summed E-state index contributed by atoms with van der Waals surface area (Å²) in [6.45, 7) is 13.7. The van der Waals surface area contributed by atoms with Crippen LogP contribution in [-0.4, -0.2) is 27.3 Å². The van der Waals surface area contributed by atoms with Crippen molar-refractivity contribution in [3.8, 4) is 0 Å². The van der Waals surface area contributed by atoms with E-state index in [0.717, 1.165) is 28.1 Å². The molecule has 0 unspecified atom stereocenters. The van der Waals surface area contributed by atoms with Crippen molar-refractivity contribution in [2.45, 2.75) is 39.3 Å². The molecule has 0 N–H and O–H groups in total. The van der Waals surface area contributed by atoms with Crippen LogP contribution in [0.5, 0.6) is 0 Å². The van der Waals surface area contributed by atoms with Crippen LogP contribution >= 0.6 is 0 Å². The zero-order valence-electron chi connectivity index (χ0n) is 17.1. The molecule has 3 aromatic rings. The van der Waals surface area contributed by atoms with Crippen molar-refractivity contribution in [3.63, 3.8) is 0 Å². The Bertz CT molecular complexity index is 980. The molecule has 0 spiro atoms. The summed E-state index contributed by atoms with van der Waals surface area (Å²) in [5.41, 5.74) is 2.88. The summed E-state index contributed by atoms with van der Waals surface area (Å²) in [7, 11) is -3.39. The molecule has 1 aromatic heterocycles. The van der Waals surface area contributed by atoms with Gasteiger partial charge in [0.15, 0.2) is 0 Å². The number of hydrogen-bond acceptors (Lipinski definition) is 3. The standard InChI is InChI=1S/C22H28N2OSi2/c1-26(2,3)20-15-8-7-13-18(20)22(25-27(4,5)6)24-19-14-9-11-17-12-10-16-23-21(17)19/h7-16H,1-6H3. The van der Waals surface area contributed by atoms with Gasteiger partial charge in [0.2, 0.25) is 14.2 Å². The van der Waals surface area contributed by atoms with Gasteiger partial charge in [-0.05, 0) is 43.0 Å². The fourth-order valence-electron chi connectivity index (χ4n) is 3.04. The third kappa shape index (κ3) is 4.73. The van der Waals surface area contributed by atoms with Crippen LogP contribution in [0.25, 0.3) is 10.9 Å². The van der Waals surface area contributed by atoms with Crippen LogP contribution < -0.4 is 5.19 Å². The smallest absolute Gasteiger partial charge is 0.244 e. The average Bonchev–Trinajstić information content (AvgIpc) is 2.59. The number of fused-ring (bicyclic) bond motifs is 1. The van der Waals surface area contributed by atoms with Crippen molar-refractivity contribution in [1.29, 1.82) is 0 Å². The number of aliphatic imine (C=N–C) groups is 1. The van der Waals surface area contributed by atoms with Crippen molar-refractivity contribution in [2.24, 2.45) is 4.99 Å². The van der Waals surface area contributed by atoms with Gasteiger partial charge in [-0.25, -0.2) is 4.99 Å². The molecule has 27 heavy (non-hydrogen) atoms. The first kappa shape index (κ1) is 19.5. The molecule has 0 saturated carbocycles. The normalized spacial score (nSPS) is 13.0. The van der Waals surface area contributed by atoms with E-state index in [0.29, 0.717) is 0 Å². The van der Waals surface area contributed by atoms with Gasteiger partial charge in [-0.2, -0.15) is 0 Å². The molecule has 3 rings (SSSR count). The van der Waals surface area contributed by atoms with Gasteiger partial charge in [0.1, 0.15) is 0 Å². The maximum atomic E-state index is 6.50. The molecular weight excluding hydrogens is 364 g/mol.